The van der Waals surface area contributed by atoms with Crippen LogP contribution in [-0.4, -0.2) is 34.1 Å². The van der Waals surface area contributed by atoms with Crippen molar-refractivity contribution < 1.29 is 22.7 Å². The minimum atomic E-state index is -3.95. The second kappa shape index (κ2) is 10.5. The molecule has 8 heteroatoms. The third-order valence-corrected chi connectivity index (χ3v) is 8.97. The lowest BCUT2D eigenvalue weighted by atomic mass is 9.88. The van der Waals surface area contributed by atoms with E-state index in [4.69, 9.17) is 9.47 Å². The van der Waals surface area contributed by atoms with Crippen LogP contribution in [0.25, 0.3) is 0 Å². The van der Waals surface area contributed by atoms with Crippen molar-refractivity contribution in [3.05, 3.63) is 83.4 Å². The zero-order valence-corrected chi connectivity index (χ0v) is 22.0. The molecule has 1 heterocycles. The molecule has 0 bridgehead atoms. The number of ether oxygens (including phenoxy) is 2. The van der Waals surface area contributed by atoms with Crippen LogP contribution in [0.15, 0.2) is 71.6 Å². The smallest absolute Gasteiger partial charge is 0.264 e. The molecule has 0 radical (unpaired) electrons. The number of carbonyl (C=O) groups is 1. The SMILES string of the molecule is CC[C@@H](NC(=O)[C@@H]1CN(S(=O)(=O)c2ccc(OC)cc2)c2ccccc2O1)c1ccc2c(c1)CCCC2. The minimum absolute atomic E-state index is 0.115. The van der Waals surface area contributed by atoms with E-state index in [1.54, 1.807) is 36.4 Å². The Kier molecular flexibility index (Phi) is 7.11. The van der Waals surface area contributed by atoms with Gasteiger partial charge in [0.1, 0.15) is 11.5 Å². The summed E-state index contributed by atoms with van der Waals surface area (Å²) in [6.45, 7) is 1.90. The van der Waals surface area contributed by atoms with E-state index >= 15 is 0 Å². The van der Waals surface area contributed by atoms with Crippen molar-refractivity contribution in [2.45, 2.75) is 56.1 Å². The Morgan fingerprint density at radius 2 is 1.78 bits per heavy atom. The van der Waals surface area contributed by atoms with E-state index in [0.717, 1.165) is 18.4 Å². The molecule has 2 aliphatic rings. The quantitative estimate of drug-likeness (QED) is 0.484. The monoisotopic (exact) mass is 520 g/mol. The Hall–Kier alpha value is -3.52. The van der Waals surface area contributed by atoms with E-state index in [9.17, 15) is 13.2 Å². The lowest BCUT2D eigenvalue weighted by molar-refractivity contribution is -0.128. The molecule has 2 atom stereocenters. The summed E-state index contributed by atoms with van der Waals surface area (Å²) in [5.74, 6) is 0.577. The van der Waals surface area contributed by atoms with Crippen molar-refractivity contribution >= 4 is 21.6 Å². The van der Waals surface area contributed by atoms with Gasteiger partial charge in [0.15, 0.2) is 6.10 Å². The van der Waals surface area contributed by atoms with E-state index < -0.39 is 16.1 Å². The van der Waals surface area contributed by atoms with E-state index in [-0.39, 0.29) is 23.4 Å². The van der Waals surface area contributed by atoms with Crippen LogP contribution in [0.5, 0.6) is 11.5 Å². The van der Waals surface area contributed by atoms with Crippen LogP contribution in [0.1, 0.15) is 48.9 Å². The van der Waals surface area contributed by atoms with Gasteiger partial charge in [-0.05, 0) is 85.2 Å². The number of hydrogen-bond donors (Lipinski definition) is 1. The number of benzene rings is 3. The molecular weight excluding hydrogens is 488 g/mol. The van der Waals surface area contributed by atoms with Crippen molar-refractivity contribution in [1.82, 2.24) is 5.32 Å². The van der Waals surface area contributed by atoms with Gasteiger partial charge in [0.25, 0.3) is 15.9 Å². The van der Waals surface area contributed by atoms with Crippen LogP contribution in [0.2, 0.25) is 0 Å². The maximum atomic E-state index is 13.7. The van der Waals surface area contributed by atoms with Crippen molar-refractivity contribution in [2.75, 3.05) is 18.0 Å². The molecule has 0 spiro atoms. The zero-order valence-electron chi connectivity index (χ0n) is 21.1. The Bertz CT molecular complexity index is 1390. The first-order chi connectivity index (χ1) is 17.9. The van der Waals surface area contributed by atoms with Crippen molar-refractivity contribution in [2.24, 2.45) is 0 Å². The van der Waals surface area contributed by atoms with Crippen LogP contribution < -0.4 is 19.1 Å². The van der Waals surface area contributed by atoms with Crippen molar-refractivity contribution in [1.29, 1.82) is 0 Å². The summed E-state index contributed by atoms with van der Waals surface area (Å²) in [7, 11) is -2.42. The summed E-state index contributed by atoms with van der Waals surface area (Å²) in [5, 5.41) is 3.12. The predicted molar refractivity (Wildman–Crippen MR) is 143 cm³/mol. The van der Waals surface area contributed by atoms with Gasteiger partial charge in [-0.15, -0.1) is 0 Å². The summed E-state index contributed by atoms with van der Waals surface area (Å²) >= 11 is 0. The van der Waals surface area contributed by atoms with Crippen LogP contribution in [0, 0.1) is 0 Å². The lowest BCUT2D eigenvalue weighted by Gasteiger charge is -2.35. The van der Waals surface area contributed by atoms with Gasteiger partial charge in [0.05, 0.1) is 30.3 Å². The van der Waals surface area contributed by atoms with Crippen LogP contribution in [0.3, 0.4) is 0 Å². The van der Waals surface area contributed by atoms with E-state index in [0.29, 0.717) is 23.6 Å². The molecule has 0 saturated heterocycles. The second-order valence-electron chi connectivity index (χ2n) is 9.49. The van der Waals surface area contributed by atoms with Gasteiger partial charge in [-0.2, -0.15) is 0 Å². The molecule has 1 aliphatic carbocycles. The third kappa shape index (κ3) is 5.03. The number of nitrogens with zero attached hydrogens (tertiary/aromatic N) is 1. The van der Waals surface area contributed by atoms with E-state index in [1.165, 1.54) is 47.5 Å². The molecule has 0 fully saturated rings. The fraction of sp³-hybridized carbons (Fsp3) is 0.345. The number of sulfonamides is 1. The number of fused-ring (bicyclic) bond motifs is 2. The lowest BCUT2D eigenvalue weighted by Crippen LogP contribution is -2.51. The molecular formula is C29H32N2O5S. The van der Waals surface area contributed by atoms with Gasteiger partial charge in [-0.3, -0.25) is 9.10 Å². The number of amides is 1. The average Bonchev–Trinajstić information content (AvgIpc) is 2.94. The highest BCUT2D eigenvalue weighted by molar-refractivity contribution is 7.92. The van der Waals surface area contributed by atoms with Gasteiger partial charge in [-0.1, -0.05) is 37.3 Å². The Labute approximate surface area is 218 Å². The van der Waals surface area contributed by atoms with Crippen molar-refractivity contribution in [3.63, 3.8) is 0 Å². The first kappa shape index (κ1) is 25.1. The number of para-hydroxylation sites is 2. The zero-order chi connectivity index (χ0) is 26.0. The number of methoxy groups -OCH3 is 1. The molecule has 194 valence electrons. The van der Waals surface area contributed by atoms with Gasteiger partial charge in [-0.25, -0.2) is 8.42 Å². The Morgan fingerprint density at radius 1 is 1.05 bits per heavy atom. The minimum Gasteiger partial charge on any atom is -0.497 e. The number of hydrogen-bond acceptors (Lipinski definition) is 5. The topological polar surface area (TPSA) is 84.9 Å². The average molecular weight is 521 g/mol. The molecule has 37 heavy (non-hydrogen) atoms. The number of rotatable bonds is 7. The molecule has 1 N–H and O–H groups in total. The second-order valence-corrected chi connectivity index (χ2v) is 11.4. The van der Waals surface area contributed by atoms with E-state index in [1.807, 2.05) is 6.92 Å². The fourth-order valence-corrected chi connectivity index (χ4v) is 6.57. The Morgan fingerprint density at radius 3 is 2.51 bits per heavy atom. The number of nitrogens with one attached hydrogen (secondary N) is 1. The first-order valence-electron chi connectivity index (χ1n) is 12.7. The molecule has 7 nitrogen and oxygen atoms in total. The van der Waals surface area contributed by atoms with Gasteiger partial charge in [0.2, 0.25) is 0 Å². The summed E-state index contributed by atoms with van der Waals surface area (Å²) in [5.41, 5.74) is 4.22. The number of anilines is 1. The van der Waals surface area contributed by atoms with Gasteiger partial charge < -0.3 is 14.8 Å². The molecule has 3 aromatic carbocycles. The molecule has 3 aromatic rings. The predicted octanol–water partition coefficient (Wildman–Crippen LogP) is 4.80. The number of aryl methyl sites for hydroxylation is 2. The highest BCUT2D eigenvalue weighted by Gasteiger charge is 2.38. The maximum absolute atomic E-state index is 13.7. The molecule has 0 unspecified atom stereocenters. The highest BCUT2D eigenvalue weighted by Crippen LogP contribution is 2.37. The third-order valence-electron chi connectivity index (χ3n) is 7.17. The van der Waals surface area contributed by atoms with Gasteiger partial charge in [0, 0.05) is 0 Å². The molecule has 0 saturated carbocycles. The summed E-state index contributed by atoms with van der Waals surface area (Å²) < 4.78 is 39.8. The largest absolute Gasteiger partial charge is 0.497 e. The van der Waals surface area contributed by atoms with Crippen LogP contribution in [-0.2, 0) is 27.7 Å². The molecule has 0 aromatic heterocycles. The Balaban J connectivity index is 1.40. The highest BCUT2D eigenvalue weighted by atomic mass is 32.2. The molecule has 5 rings (SSSR count). The number of carbonyl (C=O) groups excluding carboxylic acids is 1. The maximum Gasteiger partial charge on any atom is 0.264 e. The van der Waals surface area contributed by atoms with Crippen LogP contribution >= 0.6 is 0 Å². The normalized spacial score (nSPS) is 17.7. The van der Waals surface area contributed by atoms with Crippen LogP contribution in [0.4, 0.5) is 5.69 Å². The van der Waals surface area contributed by atoms with Crippen molar-refractivity contribution in [3.8, 4) is 11.5 Å². The molecule has 1 aliphatic heterocycles. The van der Waals surface area contributed by atoms with E-state index in [2.05, 4.69) is 23.5 Å². The fourth-order valence-electron chi connectivity index (χ4n) is 5.10. The summed E-state index contributed by atoms with van der Waals surface area (Å²) in [4.78, 5) is 13.6. The summed E-state index contributed by atoms with van der Waals surface area (Å²) in [6.07, 6.45) is 4.29. The molecule has 1 amide bonds. The van der Waals surface area contributed by atoms with Gasteiger partial charge >= 0.3 is 0 Å². The summed E-state index contributed by atoms with van der Waals surface area (Å²) in [6, 6.07) is 19.4. The standard InChI is InChI=1S/C29H32N2O5S/c1-3-25(22-13-12-20-8-4-5-9-21(20)18-22)30-29(32)28-19-31(26-10-6-7-11-27(26)36-28)37(33,34)24-16-14-23(35-2)15-17-24/h6-7,10-18,25,28H,3-5,8-9,19H2,1-2H3,(H,30,32)/t25-,28+/m1/s1. The first-order valence-corrected chi connectivity index (χ1v) is 14.2.